The predicted octanol–water partition coefficient (Wildman–Crippen LogP) is 4.42. The van der Waals surface area contributed by atoms with E-state index in [1.54, 1.807) is 6.20 Å². The van der Waals surface area contributed by atoms with Crippen LogP contribution in [0.4, 0.5) is 0 Å². The number of hydrogen-bond acceptors (Lipinski definition) is 3. The van der Waals surface area contributed by atoms with Crippen LogP contribution in [0.15, 0.2) is 43.1 Å². The number of pyridine rings is 1. The van der Waals surface area contributed by atoms with Crippen LogP contribution < -0.4 is 0 Å². The largest absolute Gasteiger partial charge is 0.346 e. The third-order valence-corrected chi connectivity index (χ3v) is 5.02. The van der Waals surface area contributed by atoms with Gasteiger partial charge < -0.3 is 4.98 Å². The van der Waals surface area contributed by atoms with Crippen molar-refractivity contribution >= 4 is 16.8 Å². The molecule has 26 heavy (non-hydrogen) atoms. The van der Waals surface area contributed by atoms with E-state index in [4.69, 9.17) is 0 Å². The zero-order valence-corrected chi connectivity index (χ0v) is 16.0. The lowest BCUT2D eigenvalue weighted by molar-refractivity contribution is 0.500. The summed E-state index contributed by atoms with van der Waals surface area (Å²) >= 11 is 0. The van der Waals surface area contributed by atoms with Crippen molar-refractivity contribution in [2.45, 2.75) is 51.9 Å². The first-order chi connectivity index (χ1) is 12.3. The first-order valence-electron chi connectivity index (χ1n) is 9.01. The van der Waals surface area contributed by atoms with Crippen LogP contribution in [0, 0.1) is 0 Å². The molecular weight excluding hydrogens is 322 g/mol. The average Bonchev–Trinajstić information content (AvgIpc) is 3.18. The Morgan fingerprint density at radius 2 is 1.85 bits per heavy atom. The van der Waals surface area contributed by atoms with Gasteiger partial charge in [-0.05, 0) is 35.1 Å². The molecule has 0 unspecified atom stereocenters. The van der Waals surface area contributed by atoms with Gasteiger partial charge in [0, 0.05) is 41.3 Å². The number of H-pyrrole nitrogens is 1. The lowest BCUT2D eigenvalue weighted by atomic mass is 9.82. The molecule has 4 aromatic rings. The summed E-state index contributed by atoms with van der Waals surface area (Å²) in [6.45, 7) is 11.2. The van der Waals surface area contributed by atoms with Crippen molar-refractivity contribution in [1.82, 2.24) is 24.3 Å². The number of nitrogens with one attached hydrogen (secondary N) is 1. The van der Waals surface area contributed by atoms with E-state index in [0.717, 1.165) is 23.5 Å². The molecule has 0 bridgehead atoms. The van der Waals surface area contributed by atoms with Gasteiger partial charge in [0.05, 0.1) is 6.20 Å². The second-order valence-corrected chi connectivity index (χ2v) is 8.69. The van der Waals surface area contributed by atoms with E-state index in [2.05, 4.69) is 71.2 Å². The fourth-order valence-electron chi connectivity index (χ4n) is 3.69. The molecule has 0 saturated carbocycles. The molecule has 1 N–H and O–H groups in total. The van der Waals surface area contributed by atoms with E-state index >= 15 is 0 Å². The lowest BCUT2D eigenvalue weighted by Crippen LogP contribution is -2.22. The lowest BCUT2D eigenvalue weighted by Gasteiger charge is -2.24. The van der Waals surface area contributed by atoms with Crippen molar-refractivity contribution in [2.24, 2.45) is 0 Å². The highest BCUT2D eigenvalue weighted by Crippen LogP contribution is 2.32. The van der Waals surface area contributed by atoms with Gasteiger partial charge in [-0.3, -0.25) is 4.40 Å². The Morgan fingerprint density at radius 3 is 2.62 bits per heavy atom. The molecule has 0 fully saturated rings. The monoisotopic (exact) mass is 347 g/mol. The van der Waals surface area contributed by atoms with Gasteiger partial charge in [0.1, 0.15) is 5.65 Å². The molecule has 0 aliphatic carbocycles. The van der Waals surface area contributed by atoms with Gasteiger partial charge in [0.15, 0.2) is 0 Å². The molecule has 0 aromatic carbocycles. The Labute approximate surface area is 153 Å². The van der Waals surface area contributed by atoms with Crippen LogP contribution in [0.2, 0.25) is 0 Å². The summed E-state index contributed by atoms with van der Waals surface area (Å²) in [5.74, 6) is 0.741. The number of hydrogen-bond donors (Lipinski definition) is 1. The summed E-state index contributed by atoms with van der Waals surface area (Å²) in [6.07, 6.45) is 10.7. The van der Waals surface area contributed by atoms with Gasteiger partial charge in [0.25, 0.3) is 0 Å². The summed E-state index contributed by atoms with van der Waals surface area (Å²) in [4.78, 5) is 16.7. The normalized spacial score (nSPS) is 13.0. The van der Waals surface area contributed by atoms with Crippen molar-refractivity contribution in [1.29, 1.82) is 0 Å². The molecule has 4 heterocycles. The summed E-state index contributed by atoms with van der Waals surface area (Å²) < 4.78 is 2.07. The Bertz CT molecular complexity index is 1080. The van der Waals surface area contributed by atoms with Gasteiger partial charge in [-0.15, -0.1) is 0 Å². The van der Waals surface area contributed by atoms with E-state index in [9.17, 15) is 0 Å². The van der Waals surface area contributed by atoms with Gasteiger partial charge in [-0.25, -0.2) is 15.0 Å². The molecule has 0 saturated heterocycles. The fourth-order valence-corrected chi connectivity index (χ4v) is 3.69. The Hall–Kier alpha value is -2.69. The first kappa shape index (κ1) is 16.8. The maximum atomic E-state index is 4.65. The molecule has 134 valence electrons. The van der Waals surface area contributed by atoms with Crippen LogP contribution >= 0.6 is 0 Å². The van der Waals surface area contributed by atoms with Gasteiger partial charge in [-0.2, -0.15) is 0 Å². The summed E-state index contributed by atoms with van der Waals surface area (Å²) in [6, 6.07) is 4.22. The first-order valence-corrected chi connectivity index (χ1v) is 9.01. The average molecular weight is 347 g/mol. The molecular formula is C21H25N5. The minimum atomic E-state index is -0.0873. The Kier molecular flexibility index (Phi) is 3.65. The molecule has 4 rings (SSSR count). The van der Waals surface area contributed by atoms with E-state index < -0.39 is 0 Å². The Balaban J connectivity index is 1.74. The number of rotatable bonds is 3. The third-order valence-electron chi connectivity index (χ3n) is 5.02. The van der Waals surface area contributed by atoms with E-state index in [-0.39, 0.29) is 10.8 Å². The SMILES string of the molecule is CC(C)(C)c1c[nH]c2ncc(CC(C)(C)c3cnc4ncccn34)cc12. The van der Waals surface area contributed by atoms with E-state index in [1.807, 2.05) is 24.7 Å². The van der Waals surface area contributed by atoms with E-state index in [0.29, 0.717) is 0 Å². The topological polar surface area (TPSA) is 58.9 Å². The van der Waals surface area contributed by atoms with Crippen molar-refractivity contribution in [3.05, 3.63) is 59.9 Å². The second-order valence-electron chi connectivity index (χ2n) is 8.69. The molecule has 0 spiro atoms. The maximum absolute atomic E-state index is 4.65. The van der Waals surface area contributed by atoms with Crippen LogP contribution in [0.25, 0.3) is 16.8 Å². The second kappa shape index (κ2) is 5.66. The Morgan fingerprint density at radius 1 is 1.04 bits per heavy atom. The van der Waals surface area contributed by atoms with Crippen molar-refractivity contribution in [3.8, 4) is 0 Å². The number of aromatic nitrogens is 5. The highest BCUT2D eigenvalue weighted by Gasteiger charge is 2.26. The molecule has 4 aromatic heterocycles. The fraction of sp³-hybridized carbons (Fsp3) is 0.381. The quantitative estimate of drug-likeness (QED) is 0.597. The van der Waals surface area contributed by atoms with Crippen molar-refractivity contribution in [3.63, 3.8) is 0 Å². The minimum Gasteiger partial charge on any atom is -0.346 e. The summed E-state index contributed by atoms with van der Waals surface area (Å²) in [5, 5.41) is 1.21. The maximum Gasteiger partial charge on any atom is 0.233 e. The zero-order valence-electron chi connectivity index (χ0n) is 16.0. The standard InChI is InChI=1S/C21H25N5/c1-20(2,3)16-12-24-18-15(16)9-14(11-23-18)10-21(4,5)17-13-25-19-22-7-6-8-26(17)19/h6-9,11-13H,10H2,1-5H3,(H,23,24). The van der Waals surface area contributed by atoms with Crippen LogP contribution in [-0.2, 0) is 17.3 Å². The minimum absolute atomic E-state index is 0.0847. The molecule has 0 atom stereocenters. The van der Waals surface area contributed by atoms with Crippen molar-refractivity contribution in [2.75, 3.05) is 0 Å². The highest BCUT2D eigenvalue weighted by atomic mass is 15.1. The summed E-state index contributed by atoms with van der Waals surface area (Å²) in [7, 11) is 0. The molecule has 5 nitrogen and oxygen atoms in total. The van der Waals surface area contributed by atoms with Crippen LogP contribution in [0.5, 0.6) is 0 Å². The van der Waals surface area contributed by atoms with Crippen LogP contribution in [0.1, 0.15) is 51.4 Å². The number of imidazole rings is 1. The molecule has 0 amide bonds. The van der Waals surface area contributed by atoms with Gasteiger partial charge in [0.2, 0.25) is 5.78 Å². The van der Waals surface area contributed by atoms with Crippen LogP contribution in [0.3, 0.4) is 0 Å². The third kappa shape index (κ3) is 2.77. The molecule has 5 heteroatoms. The van der Waals surface area contributed by atoms with Gasteiger partial charge >= 0.3 is 0 Å². The molecule has 0 radical (unpaired) electrons. The molecule has 0 aliphatic rings. The molecule has 0 aliphatic heterocycles. The number of aromatic amines is 1. The van der Waals surface area contributed by atoms with Crippen LogP contribution in [-0.4, -0.2) is 24.3 Å². The highest BCUT2D eigenvalue weighted by molar-refractivity contribution is 5.81. The zero-order chi connectivity index (χ0) is 18.5. The summed E-state index contributed by atoms with van der Waals surface area (Å²) in [5.41, 5.74) is 4.64. The smallest absolute Gasteiger partial charge is 0.233 e. The number of fused-ring (bicyclic) bond motifs is 2. The van der Waals surface area contributed by atoms with Gasteiger partial charge in [-0.1, -0.05) is 34.6 Å². The number of nitrogens with zero attached hydrogens (tertiary/aromatic N) is 4. The predicted molar refractivity (Wildman–Crippen MR) is 105 cm³/mol. The van der Waals surface area contributed by atoms with E-state index in [1.165, 1.54) is 16.5 Å². The van der Waals surface area contributed by atoms with Crippen molar-refractivity contribution < 1.29 is 0 Å².